The number of rotatable bonds is 9. The van der Waals surface area contributed by atoms with Gasteiger partial charge in [-0.1, -0.05) is 30.3 Å². The van der Waals surface area contributed by atoms with Crippen molar-refractivity contribution in [3.8, 4) is 0 Å². The Labute approximate surface area is 163 Å². The first-order valence-electron chi connectivity index (χ1n) is 8.73. The minimum absolute atomic E-state index is 0.225. The van der Waals surface area contributed by atoms with Crippen molar-refractivity contribution in [3.05, 3.63) is 35.9 Å². The minimum atomic E-state index is -1.28. The van der Waals surface area contributed by atoms with E-state index in [0.29, 0.717) is 0 Å². The Hall–Kier alpha value is -2.94. The van der Waals surface area contributed by atoms with Gasteiger partial charge in [0.1, 0.15) is 18.2 Å². The van der Waals surface area contributed by atoms with E-state index in [1.54, 1.807) is 51.3 Å². The molecular weight excluding hydrogens is 366 g/mol. The van der Waals surface area contributed by atoms with Crippen molar-refractivity contribution in [3.63, 3.8) is 0 Å². The quantitative estimate of drug-likeness (QED) is 0.461. The number of hydrogen-bond acceptors (Lipinski definition) is 6. The average molecular weight is 392 g/mol. The molecule has 0 bridgehead atoms. The molecule has 0 aliphatic heterocycles. The molecule has 1 aromatic carbocycles. The van der Waals surface area contributed by atoms with Crippen LogP contribution in [0.25, 0.3) is 0 Å². The highest BCUT2D eigenvalue weighted by molar-refractivity contribution is 5.90. The van der Waals surface area contributed by atoms with Gasteiger partial charge in [0, 0.05) is 6.42 Å². The maximum atomic E-state index is 12.2. The molecule has 1 radical (unpaired) electrons. The fourth-order valence-corrected chi connectivity index (χ4v) is 2.15. The second kappa shape index (κ2) is 11.0. The fourth-order valence-electron chi connectivity index (χ4n) is 2.15. The van der Waals surface area contributed by atoms with Gasteiger partial charge in [0.2, 0.25) is 18.1 Å². The van der Waals surface area contributed by atoms with Crippen LogP contribution in [0.1, 0.15) is 26.3 Å². The van der Waals surface area contributed by atoms with Gasteiger partial charge in [0.25, 0.3) is 0 Å². The highest BCUT2D eigenvalue weighted by Crippen LogP contribution is 2.06. The Morgan fingerprint density at radius 1 is 1.14 bits per heavy atom. The molecule has 2 atom stereocenters. The number of hydrogen-bond donors (Lipinski definition) is 4. The molecular formula is C19H26N3O6. The van der Waals surface area contributed by atoms with Crippen LogP contribution >= 0.6 is 0 Å². The van der Waals surface area contributed by atoms with Crippen LogP contribution in [0.3, 0.4) is 0 Å². The molecule has 0 aliphatic carbocycles. The number of benzene rings is 1. The zero-order valence-corrected chi connectivity index (χ0v) is 16.2. The van der Waals surface area contributed by atoms with E-state index in [1.165, 1.54) is 0 Å². The van der Waals surface area contributed by atoms with Gasteiger partial charge in [-0.05, 0) is 26.3 Å². The monoisotopic (exact) mass is 392 g/mol. The molecule has 0 aromatic heterocycles. The van der Waals surface area contributed by atoms with Gasteiger partial charge in [0.15, 0.2) is 0 Å². The molecule has 1 rings (SSSR count). The summed E-state index contributed by atoms with van der Waals surface area (Å²) in [6.45, 7) is 3.91. The van der Waals surface area contributed by atoms with E-state index < -0.39 is 48.7 Å². The number of amides is 3. The van der Waals surface area contributed by atoms with Crippen LogP contribution in [0, 0.1) is 0 Å². The van der Waals surface area contributed by atoms with Gasteiger partial charge in [0.05, 0.1) is 12.6 Å². The second-order valence-electron chi connectivity index (χ2n) is 7.03. The summed E-state index contributed by atoms with van der Waals surface area (Å²) < 4.78 is 4.99. The SMILES string of the molecule is CC(C)(C)OC(=O)NCC(=O)N[C@@H](CO)C(=O)N[C@H]([C]=O)Cc1ccccc1. The molecule has 9 nitrogen and oxygen atoms in total. The van der Waals surface area contributed by atoms with Gasteiger partial charge in [-0.25, -0.2) is 4.79 Å². The van der Waals surface area contributed by atoms with E-state index in [2.05, 4.69) is 16.0 Å². The Balaban J connectivity index is 2.51. The maximum Gasteiger partial charge on any atom is 0.408 e. The van der Waals surface area contributed by atoms with Gasteiger partial charge in [-0.3, -0.25) is 14.4 Å². The van der Waals surface area contributed by atoms with Crippen molar-refractivity contribution in [1.82, 2.24) is 16.0 Å². The largest absolute Gasteiger partial charge is 0.444 e. The van der Waals surface area contributed by atoms with E-state index in [9.17, 15) is 24.3 Å². The zero-order chi connectivity index (χ0) is 21.2. The molecule has 3 amide bonds. The summed E-state index contributed by atoms with van der Waals surface area (Å²) in [5.41, 5.74) is 0.106. The van der Waals surface area contributed by atoms with Crippen LogP contribution < -0.4 is 16.0 Å². The molecule has 0 saturated heterocycles. The Kier molecular flexibility index (Phi) is 9.10. The van der Waals surface area contributed by atoms with Crippen LogP contribution in [-0.4, -0.2) is 60.1 Å². The number of carbonyl (C=O) groups is 3. The molecule has 153 valence electrons. The summed E-state index contributed by atoms with van der Waals surface area (Å²) in [5, 5.41) is 16.3. The van der Waals surface area contributed by atoms with Crippen LogP contribution in [-0.2, 0) is 25.5 Å². The van der Waals surface area contributed by atoms with Crippen LogP contribution in [0.5, 0.6) is 0 Å². The summed E-state index contributed by atoms with van der Waals surface area (Å²) in [5.74, 6) is -1.44. The molecule has 0 unspecified atom stereocenters. The topological polar surface area (TPSA) is 134 Å². The summed E-state index contributed by atoms with van der Waals surface area (Å²) in [4.78, 5) is 46.7. The first-order valence-corrected chi connectivity index (χ1v) is 8.73. The van der Waals surface area contributed by atoms with Gasteiger partial charge >= 0.3 is 6.09 Å². The van der Waals surface area contributed by atoms with Crippen LogP contribution in [0.4, 0.5) is 4.79 Å². The Bertz CT molecular complexity index is 672. The third-order valence-electron chi connectivity index (χ3n) is 3.37. The van der Waals surface area contributed by atoms with Crippen LogP contribution in [0.15, 0.2) is 30.3 Å². The smallest absolute Gasteiger partial charge is 0.408 e. The normalized spacial score (nSPS) is 13.0. The first kappa shape index (κ1) is 23.1. The van der Waals surface area contributed by atoms with Crippen molar-refractivity contribution in [2.45, 2.75) is 44.9 Å². The number of nitrogens with one attached hydrogen (secondary N) is 3. The Morgan fingerprint density at radius 2 is 1.79 bits per heavy atom. The summed E-state index contributed by atoms with van der Waals surface area (Å²) in [6, 6.07) is 6.81. The molecule has 0 heterocycles. The first-order chi connectivity index (χ1) is 13.1. The number of ether oxygens (including phenoxy) is 1. The number of aliphatic hydroxyl groups is 1. The van der Waals surface area contributed by atoms with E-state index >= 15 is 0 Å². The van der Waals surface area contributed by atoms with Crippen molar-refractivity contribution in [2.75, 3.05) is 13.2 Å². The predicted octanol–water partition coefficient (Wildman–Crippen LogP) is -0.175. The molecule has 0 fully saturated rings. The predicted molar refractivity (Wildman–Crippen MR) is 101 cm³/mol. The zero-order valence-electron chi connectivity index (χ0n) is 16.2. The number of alkyl carbamates (subject to hydrolysis) is 1. The third kappa shape index (κ3) is 9.13. The van der Waals surface area contributed by atoms with E-state index in [-0.39, 0.29) is 6.42 Å². The highest BCUT2D eigenvalue weighted by atomic mass is 16.6. The van der Waals surface area contributed by atoms with Crippen molar-refractivity contribution in [2.24, 2.45) is 0 Å². The number of aliphatic hydroxyl groups excluding tert-OH is 1. The van der Waals surface area contributed by atoms with E-state index in [1.807, 2.05) is 6.07 Å². The molecule has 9 heteroatoms. The maximum absolute atomic E-state index is 12.2. The lowest BCUT2D eigenvalue weighted by Crippen LogP contribution is -2.54. The van der Waals surface area contributed by atoms with Crippen molar-refractivity contribution < 1.29 is 29.0 Å². The standard InChI is InChI=1S/C19H26N3O6/c1-19(2,3)28-18(27)20-10-16(25)22-15(12-24)17(26)21-14(11-23)9-13-7-5-4-6-8-13/h4-8,14-15,24H,9-10,12H2,1-3H3,(H,20,27)(H,21,26)(H,22,25)/t14-,15-/m0/s1. The van der Waals surface area contributed by atoms with Gasteiger partial charge in [-0.15, -0.1) is 0 Å². The lowest BCUT2D eigenvalue weighted by atomic mass is 10.1. The summed E-state index contributed by atoms with van der Waals surface area (Å²) in [6.07, 6.45) is 1.16. The van der Waals surface area contributed by atoms with Crippen molar-refractivity contribution >= 4 is 24.2 Å². The molecule has 28 heavy (non-hydrogen) atoms. The van der Waals surface area contributed by atoms with E-state index in [0.717, 1.165) is 5.56 Å². The Morgan fingerprint density at radius 3 is 2.32 bits per heavy atom. The average Bonchev–Trinajstić information content (AvgIpc) is 2.63. The lowest BCUT2D eigenvalue weighted by molar-refractivity contribution is -0.129. The highest BCUT2D eigenvalue weighted by Gasteiger charge is 2.23. The molecule has 0 saturated carbocycles. The summed E-state index contributed by atoms with van der Waals surface area (Å²) >= 11 is 0. The van der Waals surface area contributed by atoms with Crippen LogP contribution in [0.2, 0.25) is 0 Å². The second-order valence-corrected chi connectivity index (χ2v) is 7.03. The third-order valence-corrected chi connectivity index (χ3v) is 3.37. The minimum Gasteiger partial charge on any atom is -0.444 e. The van der Waals surface area contributed by atoms with Gasteiger partial charge in [-0.2, -0.15) is 0 Å². The molecule has 4 N–H and O–H groups in total. The molecule has 0 aliphatic rings. The lowest BCUT2D eigenvalue weighted by Gasteiger charge is -2.21. The van der Waals surface area contributed by atoms with Gasteiger partial charge < -0.3 is 25.8 Å². The summed E-state index contributed by atoms with van der Waals surface area (Å²) in [7, 11) is 0. The molecule has 0 spiro atoms. The molecule has 1 aromatic rings. The van der Waals surface area contributed by atoms with E-state index in [4.69, 9.17) is 4.74 Å². The fraction of sp³-hybridized carbons (Fsp3) is 0.474. The van der Waals surface area contributed by atoms with Crippen molar-refractivity contribution in [1.29, 1.82) is 0 Å². The number of carbonyl (C=O) groups excluding carboxylic acids is 4.